The van der Waals surface area contributed by atoms with E-state index in [1.807, 2.05) is 38.1 Å². The van der Waals surface area contributed by atoms with Gasteiger partial charge in [0.25, 0.3) is 0 Å². The first-order valence-corrected chi connectivity index (χ1v) is 9.37. The van der Waals surface area contributed by atoms with Crippen molar-refractivity contribution >= 4 is 11.6 Å². The van der Waals surface area contributed by atoms with E-state index in [9.17, 15) is 4.79 Å². The molecule has 0 spiro atoms. The molecule has 0 aliphatic carbocycles. The van der Waals surface area contributed by atoms with E-state index >= 15 is 0 Å². The van der Waals surface area contributed by atoms with Gasteiger partial charge in [0, 0.05) is 17.9 Å². The molecule has 2 aliphatic rings. The standard InChI is InChI=1S/C20H29N3O2/c1-14-15(2)20(24)22-21-19(14)16-8-10-18(11-9-16)25-13-5-7-17-6-4-12-23(17)3/h8-11,14-15,17H,4-7,12-13H2,1-3H3,(H,22,24). The molecule has 0 aromatic heterocycles. The molecule has 3 rings (SSSR count). The highest BCUT2D eigenvalue weighted by Gasteiger charge is 2.29. The molecular weight excluding hydrogens is 314 g/mol. The van der Waals surface area contributed by atoms with E-state index in [1.54, 1.807) is 0 Å². The molecule has 1 saturated heterocycles. The molecule has 3 unspecified atom stereocenters. The second-order valence-corrected chi connectivity index (χ2v) is 7.34. The van der Waals surface area contributed by atoms with Crippen LogP contribution in [0.25, 0.3) is 0 Å². The molecule has 2 aliphatic heterocycles. The summed E-state index contributed by atoms with van der Waals surface area (Å²) in [5.74, 6) is 0.940. The van der Waals surface area contributed by atoms with Crippen LogP contribution >= 0.6 is 0 Å². The van der Waals surface area contributed by atoms with Gasteiger partial charge in [-0.25, -0.2) is 5.43 Å². The molecule has 1 aromatic rings. The number of hydrazone groups is 1. The molecule has 1 fully saturated rings. The molecule has 136 valence electrons. The quantitative estimate of drug-likeness (QED) is 0.808. The summed E-state index contributed by atoms with van der Waals surface area (Å²) in [6.45, 7) is 5.98. The fraction of sp³-hybridized carbons (Fsp3) is 0.600. The summed E-state index contributed by atoms with van der Waals surface area (Å²) in [7, 11) is 2.22. The van der Waals surface area contributed by atoms with Crippen molar-refractivity contribution in [1.82, 2.24) is 10.3 Å². The lowest BCUT2D eigenvalue weighted by Crippen LogP contribution is -2.39. The maximum atomic E-state index is 11.7. The summed E-state index contributed by atoms with van der Waals surface area (Å²) >= 11 is 0. The second kappa shape index (κ2) is 8.00. The maximum absolute atomic E-state index is 11.7. The van der Waals surface area contributed by atoms with E-state index in [1.165, 1.54) is 25.8 Å². The Kier molecular flexibility index (Phi) is 5.74. The minimum atomic E-state index is -0.0582. The number of rotatable bonds is 6. The average Bonchev–Trinajstić information content (AvgIpc) is 3.03. The summed E-state index contributed by atoms with van der Waals surface area (Å²) < 4.78 is 5.88. The molecule has 1 amide bonds. The van der Waals surface area contributed by atoms with E-state index in [-0.39, 0.29) is 17.7 Å². The fourth-order valence-corrected chi connectivity index (χ4v) is 3.69. The van der Waals surface area contributed by atoms with Crippen LogP contribution in [0.1, 0.15) is 45.1 Å². The Hall–Kier alpha value is -1.88. The van der Waals surface area contributed by atoms with Gasteiger partial charge in [-0.2, -0.15) is 5.10 Å². The highest BCUT2D eigenvalue weighted by atomic mass is 16.5. The summed E-state index contributed by atoms with van der Waals surface area (Å²) in [5.41, 5.74) is 4.59. The fourth-order valence-electron chi connectivity index (χ4n) is 3.69. The molecule has 0 radical (unpaired) electrons. The zero-order chi connectivity index (χ0) is 17.8. The molecule has 0 bridgehead atoms. The van der Waals surface area contributed by atoms with Crippen molar-refractivity contribution in [2.24, 2.45) is 16.9 Å². The summed E-state index contributed by atoms with van der Waals surface area (Å²) in [6, 6.07) is 8.77. The smallest absolute Gasteiger partial charge is 0.243 e. The third-order valence-corrected chi connectivity index (χ3v) is 5.65. The van der Waals surface area contributed by atoms with Crippen LogP contribution in [0.5, 0.6) is 5.75 Å². The van der Waals surface area contributed by atoms with Crippen molar-refractivity contribution in [2.75, 3.05) is 20.2 Å². The summed E-state index contributed by atoms with van der Waals surface area (Å²) in [4.78, 5) is 14.1. The maximum Gasteiger partial charge on any atom is 0.243 e. The number of ether oxygens (including phenoxy) is 1. The highest BCUT2D eigenvalue weighted by Crippen LogP contribution is 2.23. The van der Waals surface area contributed by atoms with Gasteiger partial charge in [0.1, 0.15) is 5.75 Å². The molecule has 25 heavy (non-hydrogen) atoms. The number of carbonyl (C=O) groups excluding carboxylic acids is 1. The van der Waals surface area contributed by atoms with Crippen molar-refractivity contribution in [3.05, 3.63) is 29.8 Å². The van der Waals surface area contributed by atoms with Gasteiger partial charge < -0.3 is 9.64 Å². The predicted molar refractivity (Wildman–Crippen MR) is 99.8 cm³/mol. The van der Waals surface area contributed by atoms with E-state index in [4.69, 9.17) is 4.74 Å². The number of carbonyl (C=O) groups is 1. The Bertz CT molecular complexity index is 626. The summed E-state index contributed by atoms with van der Waals surface area (Å²) in [6.07, 6.45) is 4.94. The molecule has 0 saturated carbocycles. The first-order valence-electron chi connectivity index (χ1n) is 9.37. The Labute approximate surface area is 150 Å². The first-order chi connectivity index (χ1) is 12.1. The van der Waals surface area contributed by atoms with E-state index in [0.29, 0.717) is 0 Å². The number of hydrogen-bond donors (Lipinski definition) is 1. The number of nitrogens with zero attached hydrogens (tertiary/aromatic N) is 2. The van der Waals surface area contributed by atoms with Gasteiger partial charge in [-0.3, -0.25) is 4.79 Å². The molecule has 1 aromatic carbocycles. The lowest BCUT2D eigenvalue weighted by molar-refractivity contribution is -0.125. The van der Waals surface area contributed by atoms with Gasteiger partial charge in [0.15, 0.2) is 0 Å². The zero-order valence-corrected chi connectivity index (χ0v) is 15.5. The van der Waals surface area contributed by atoms with Gasteiger partial charge in [-0.1, -0.05) is 13.8 Å². The van der Waals surface area contributed by atoms with Crippen molar-refractivity contribution in [3.63, 3.8) is 0 Å². The molecule has 3 atom stereocenters. The lowest BCUT2D eigenvalue weighted by Gasteiger charge is -2.25. The van der Waals surface area contributed by atoms with Crippen LogP contribution in [-0.4, -0.2) is 42.8 Å². The molecule has 2 heterocycles. The average molecular weight is 343 g/mol. The van der Waals surface area contributed by atoms with Crippen LogP contribution in [0, 0.1) is 11.8 Å². The van der Waals surface area contributed by atoms with Crippen LogP contribution < -0.4 is 10.2 Å². The lowest BCUT2D eigenvalue weighted by atomic mass is 9.86. The number of benzene rings is 1. The van der Waals surface area contributed by atoms with E-state index in [0.717, 1.165) is 36.1 Å². The molecular formula is C20H29N3O2. The third-order valence-electron chi connectivity index (χ3n) is 5.65. The Morgan fingerprint density at radius 1 is 1.24 bits per heavy atom. The Balaban J connectivity index is 1.50. The Morgan fingerprint density at radius 3 is 2.68 bits per heavy atom. The van der Waals surface area contributed by atoms with Gasteiger partial charge in [-0.05, 0) is 69.1 Å². The number of hydrogen-bond acceptors (Lipinski definition) is 4. The number of amides is 1. The second-order valence-electron chi connectivity index (χ2n) is 7.34. The van der Waals surface area contributed by atoms with Crippen LogP contribution in [0.3, 0.4) is 0 Å². The van der Waals surface area contributed by atoms with Gasteiger partial charge in [0.05, 0.1) is 12.3 Å². The number of nitrogens with one attached hydrogen (secondary N) is 1. The van der Waals surface area contributed by atoms with Crippen LogP contribution in [0.4, 0.5) is 0 Å². The SMILES string of the molecule is CC1C(=O)NN=C(c2ccc(OCCCC3CCCN3C)cc2)C1C. The highest BCUT2D eigenvalue weighted by molar-refractivity contribution is 6.06. The van der Waals surface area contributed by atoms with E-state index < -0.39 is 0 Å². The van der Waals surface area contributed by atoms with Gasteiger partial charge in [-0.15, -0.1) is 0 Å². The summed E-state index contributed by atoms with van der Waals surface area (Å²) in [5, 5.41) is 4.24. The van der Waals surface area contributed by atoms with Gasteiger partial charge in [0.2, 0.25) is 5.91 Å². The zero-order valence-electron chi connectivity index (χ0n) is 15.5. The predicted octanol–water partition coefficient (Wildman–Crippen LogP) is 3.05. The molecule has 5 heteroatoms. The normalized spacial score (nSPS) is 27.1. The van der Waals surface area contributed by atoms with Crippen LogP contribution in [0.15, 0.2) is 29.4 Å². The topological polar surface area (TPSA) is 53.9 Å². The third kappa shape index (κ3) is 4.21. The van der Waals surface area contributed by atoms with Crippen LogP contribution in [0.2, 0.25) is 0 Å². The van der Waals surface area contributed by atoms with Crippen molar-refractivity contribution in [2.45, 2.75) is 45.6 Å². The largest absolute Gasteiger partial charge is 0.494 e. The van der Waals surface area contributed by atoms with Gasteiger partial charge >= 0.3 is 0 Å². The first kappa shape index (κ1) is 17.9. The monoisotopic (exact) mass is 343 g/mol. The molecule has 1 N–H and O–H groups in total. The van der Waals surface area contributed by atoms with Crippen molar-refractivity contribution < 1.29 is 9.53 Å². The van der Waals surface area contributed by atoms with E-state index in [2.05, 4.69) is 22.5 Å². The van der Waals surface area contributed by atoms with Crippen molar-refractivity contribution in [1.29, 1.82) is 0 Å². The molecule has 5 nitrogen and oxygen atoms in total. The Morgan fingerprint density at radius 2 is 2.00 bits per heavy atom. The van der Waals surface area contributed by atoms with Crippen molar-refractivity contribution in [3.8, 4) is 5.75 Å². The minimum Gasteiger partial charge on any atom is -0.494 e. The number of likely N-dealkylation sites (tertiary alicyclic amines) is 1. The minimum absolute atomic E-state index is 0.0101. The van der Waals surface area contributed by atoms with Crippen LogP contribution in [-0.2, 0) is 4.79 Å².